The molecule has 2 atom stereocenters. The first kappa shape index (κ1) is 14.7. The van der Waals surface area contributed by atoms with Crippen molar-refractivity contribution in [1.29, 1.82) is 0 Å². The molecule has 0 aromatic rings. The van der Waals surface area contributed by atoms with Gasteiger partial charge in [-0.3, -0.25) is 9.59 Å². The molecule has 2 heterocycles. The number of nitrogens with one attached hydrogen (secondary N) is 2. The summed E-state index contributed by atoms with van der Waals surface area (Å²) in [5.74, 6) is 0.506. The molecule has 2 unspecified atom stereocenters. The fourth-order valence-electron chi connectivity index (χ4n) is 2.79. The molecule has 1 aliphatic carbocycles. The van der Waals surface area contributed by atoms with Crippen LogP contribution in [0, 0.1) is 5.92 Å². The van der Waals surface area contributed by atoms with E-state index >= 15 is 0 Å². The van der Waals surface area contributed by atoms with Crippen molar-refractivity contribution in [3.05, 3.63) is 0 Å². The van der Waals surface area contributed by atoms with Crippen molar-refractivity contribution >= 4 is 28.8 Å². The van der Waals surface area contributed by atoms with E-state index in [9.17, 15) is 14.4 Å². The van der Waals surface area contributed by atoms with E-state index < -0.39 is 0 Å². The minimum absolute atomic E-state index is 0.0532. The number of thioether (sulfide) groups is 1. The minimum atomic E-state index is -0.335. The Balaban J connectivity index is 1.51. The summed E-state index contributed by atoms with van der Waals surface area (Å²) in [6, 6.07) is -0.0551. The number of carbonyl (C=O) groups excluding carboxylic acids is 3. The number of amides is 3. The number of carbonyl (C=O) groups is 3. The third-order valence-corrected chi connectivity index (χ3v) is 5.25. The van der Waals surface area contributed by atoms with Gasteiger partial charge in [0.1, 0.15) is 0 Å². The van der Waals surface area contributed by atoms with E-state index in [0.29, 0.717) is 25.6 Å². The number of hydrogen-bond donors (Lipinski definition) is 2. The van der Waals surface area contributed by atoms with Crippen LogP contribution in [-0.2, 0) is 9.59 Å². The average molecular weight is 311 g/mol. The summed E-state index contributed by atoms with van der Waals surface area (Å²) in [6.45, 7) is 1.17. The van der Waals surface area contributed by atoms with Crippen molar-refractivity contribution in [3.63, 3.8) is 0 Å². The zero-order valence-electron chi connectivity index (χ0n) is 12.0. The topological polar surface area (TPSA) is 78.5 Å². The summed E-state index contributed by atoms with van der Waals surface area (Å²) >= 11 is 1.29. The van der Waals surface area contributed by atoms with E-state index in [0.717, 1.165) is 31.4 Å². The van der Waals surface area contributed by atoms with Gasteiger partial charge in [0.25, 0.3) is 0 Å². The van der Waals surface area contributed by atoms with Gasteiger partial charge in [0, 0.05) is 24.9 Å². The van der Waals surface area contributed by atoms with Crippen LogP contribution >= 0.6 is 11.8 Å². The standard InChI is InChI=1S/C14H21N3O3S/c18-12(16-11-5-7-21-13(11)19)9-2-1-6-17(8-9)14(20)15-10-3-4-10/h9-11H,1-8H2,(H,15,20)(H,16,18). The van der Waals surface area contributed by atoms with Crippen LogP contribution in [0.15, 0.2) is 0 Å². The summed E-state index contributed by atoms with van der Waals surface area (Å²) in [6.07, 6.45) is 4.46. The second-order valence-corrected chi connectivity index (χ2v) is 7.13. The highest BCUT2D eigenvalue weighted by atomic mass is 32.2. The van der Waals surface area contributed by atoms with Crippen LogP contribution in [0.4, 0.5) is 4.79 Å². The third-order valence-electron chi connectivity index (χ3n) is 4.24. The van der Waals surface area contributed by atoms with E-state index in [-0.39, 0.29) is 29.0 Å². The lowest BCUT2D eigenvalue weighted by Gasteiger charge is -2.32. The van der Waals surface area contributed by atoms with E-state index in [1.807, 2.05) is 0 Å². The molecular formula is C14H21N3O3S. The van der Waals surface area contributed by atoms with Gasteiger partial charge in [0.15, 0.2) is 0 Å². The molecule has 1 saturated carbocycles. The normalized spacial score (nSPS) is 29.3. The monoisotopic (exact) mass is 311 g/mol. The number of piperidine rings is 1. The molecule has 0 aromatic heterocycles. The van der Waals surface area contributed by atoms with Crippen molar-refractivity contribution in [1.82, 2.24) is 15.5 Å². The number of nitrogens with zero attached hydrogens (tertiary/aromatic N) is 1. The fourth-order valence-corrected chi connectivity index (χ4v) is 3.72. The van der Waals surface area contributed by atoms with Gasteiger partial charge >= 0.3 is 6.03 Å². The van der Waals surface area contributed by atoms with Crippen LogP contribution < -0.4 is 10.6 Å². The van der Waals surface area contributed by atoms with Crippen molar-refractivity contribution in [2.45, 2.75) is 44.2 Å². The van der Waals surface area contributed by atoms with Gasteiger partial charge in [0.05, 0.1) is 12.0 Å². The quantitative estimate of drug-likeness (QED) is 0.805. The van der Waals surface area contributed by atoms with E-state index in [1.165, 1.54) is 11.8 Å². The largest absolute Gasteiger partial charge is 0.345 e. The van der Waals surface area contributed by atoms with Crippen molar-refractivity contribution in [3.8, 4) is 0 Å². The lowest BCUT2D eigenvalue weighted by atomic mass is 9.97. The van der Waals surface area contributed by atoms with E-state index in [1.54, 1.807) is 4.90 Å². The zero-order chi connectivity index (χ0) is 14.8. The molecule has 3 aliphatic rings. The Labute approximate surface area is 128 Å². The molecule has 3 fully saturated rings. The number of hydrogen-bond acceptors (Lipinski definition) is 4. The molecule has 0 bridgehead atoms. The van der Waals surface area contributed by atoms with Crippen LogP contribution in [0.3, 0.4) is 0 Å². The van der Waals surface area contributed by atoms with Gasteiger partial charge < -0.3 is 15.5 Å². The Kier molecular flexibility index (Phi) is 4.37. The molecule has 0 radical (unpaired) electrons. The molecule has 2 saturated heterocycles. The SMILES string of the molecule is O=C(NC1CCSC1=O)C1CCCN(C(=O)NC2CC2)C1. The highest BCUT2D eigenvalue weighted by Crippen LogP contribution is 2.23. The first-order chi connectivity index (χ1) is 10.1. The summed E-state index contributed by atoms with van der Waals surface area (Å²) in [7, 11) is 0. The molecule has 2 aliphatic heterocycles. The van der Waals surface area contributed by atoms with Crippen molar-refractivity contribution in [2.75, 3.05) is 18.8 Å². The molecule has 3 rings (SSSR count). The minimum Gasteiger partial charge on any atom is -0.345 e. The van der Waals surface area contributed by atoms with Crippen LogP contribution in [0.2, 0.25) is 0 Å². The third kappa shape index (κ3) is 3.70. The second-order valence-electron chi connectivity index (χ2n) is 6.03. The molecule has 3 amide bonds. The first-order valence-electron chi connectivity index (χ1n) is 7.66. The first-order valence-corrected chi connectivity index (χ1v) is 8.64. The van der Waals surface area contributed by atoms with E-state index in [4.69, 9.17) is 0 Å². The molecule has 116 valence electrons. The predicted octanol–water partition coefficient (Wildman–Crippen LogP) is 0.719. The predicted molar refractivity (Wildman–Crippen MR) is 79.9 cm³/mol. The Hall–Kier alpha value is -1.24. The highest BCUT2D eigenvalue weighted by Gasteiger charge is 2.34. The smallest absolute Gasteiger partial charge is 0.317 e. The van der Waals surface area contributed by atoms with Crippen LogP contribution in [0.5, 0.6) is 0 Å². The maximum Gasteiger partial charge on any atom is 0.317 e. The molecule has 21 heavy (non-hydrogen) atoms. The Morgan fingerprint density at radius 1 is 1.14 bits per heavy atom. The fraction of sp³-hybridized carbons (Fsp3) is 0.786. The molecular weight excluding hydrogens is 290 g/mol. The number of likely N-dealkylation sites (tertiary alicyclic amines) is 1. The maximum absolute atomic E-state index is 12.3. The summed E-state index contributed by atoms with van der Waals surface area (Å²) in [5.41, 5.74) is 0. The Morgan fingerprint density at radius 2 is 1.95 bits per heavy atom. The average Bonchev–Trinajstić information content (AvgIpc) is 3.21. The molecule has 0 aromatic carbocycles. The van der Waals surface area contributed by atoms with Gasteiger partial charge in [-0.15, -0.1) is 0 Å². The second kappa shape index (κ2) is 6.25. The van der Waals surface area contributed by atoms with Crippen molar-refractivity contribution in [2.24, 2.45) is 5.92 Å². The van der Waals surface area contributed by atoms with Gasteiger partial charge in [0.2, 0.25) is 11.0 Å². The maximum atomic E-state index is 12.3. The van der Waals surface area contributed by atoms with Crippen LogP contribution in [0.25, 0.3) is 0 Å². The Morgan fingerprint density at radius 3 is 2.62 bits per heavy atom. The zero-order valence-corrected chi connectivity index (χ0v) is 12.8. The summed E-state index contributed by atoms with van der Waals surface area (Å²) in [4.78, 5) is 37.6. The summed E-state index contributed by atoms with van der Waals surface area (Å²) in [5, 5.41) is 5.86. The lowest BCUT2D eigenvalue weighted by molar-refractivity contribution is -0.129. The molecule has 2 N–H and O–H groups in total. The number of rotatable bonds is 3. The van der Waals surface area contributed by atoms with Gasteiger partial charge in [-0.2, -0.15) is 0 Å². The summed E-state index contributed by atoms with van der Waals surface area (Å²) < 4.78 is 0. The van der Waals surface area contributed by atoms with Crippen LogP contribution in [-0.4, -0.2) is 52.9 Å². The Bertz CT molecular complexity index is 453. The highest BCUT2D eigenvalue weighted by molar-refractivity contribution is 8.14. The van der Waals surface area contributed by atoms with Gasteiger partial charge in [-0.05, 0) is 32.1 Å². The molecule has 0 spiro atoms. The molecule has 6 nitrogen and oxygen atoms in total. The molecule has 7 heteroatoms. The van der Waals surface area contributed by atoms with Crippen LogP contribution in [0.1, 0.15) is 32.1 Å². The van der Waals surface area contributed by atoms with E-state index in [2.05, 4.69) is 10.6 Å². The van der Waals surface area contributed by atoms with Crippen molar-refractivity contribution < 1.29 is 14.4 Å². The van der Waals surface area contributed by atoms with Gasteiger partial charge in [-0.25, -0.2) is 4.79 Å². The lowest BCUT2D eigenvalue weighted by Crippen LogP contribution is -2.50. The van der Waals surface area contributed by atoms with Gasteiger partial charge in [-0.1, -0.05) is 11.8 Å². The number of urea groups is 1.